The molecule has 180 valence electrons. The minimum absolute atomic E-state index is 0.245. The number of nitrogen functional groups attached to an aromatic ring is 1. The molecule has 0 bridgehead atoms. The molecule has 0 saturated carbocycles. The molecule has 2 heterocycles. The van der Waals surface area contributed by atoms with Gasteiger partial charge >= 0.3 is 29.2 Å². The molecule has 0 amide bonds. The number of aliphatic hydroxyl groups is 1. The molecule has 1 aromatic heterocycles. The monoisotopic (exact) mass is 521 g/mol. The fraction of sp³-hybridized carbons (Fsp3) is 0.545. The molecule has 9 N–H and O–H groups in total. The minimum Gasteiger partial charge on any atom is -0.387 e. The highest BCUT2D eigenvalue weighted by Gasteiger charge is 2.57. The summed E-state index contributed by atoms with van der Waals surface area (Å²) in [5.41, 5.74) is 8.10. The maximum absolute atomic E-state index is 12.1. The number of ether oxygens (including phenoxy) is 1. The first kappa shape index (κ1) is 26.7. The quantitative estimate of drug-likeness (QED) is 0.138. The van der Waals surface area contributed by atoms with Gasteiger partial charge in [0.1, 0.15) is 18.0 Å². The Bertz CT molecular complexity index is 1120. The van der Waals surface area contributed by atoms with Crippen LogP contribution in [0.2, 0.25) is 0 Å². The summed E-state index contributed by atoms with van der Waals surface area (Å²) in [5, 5.41) is 14.2. The predicted molar refractivity (Wildman–Crippen MR) is 101 cm³/mol. The van der Waals surface area contributed by atoms with Gasteiger partial charge in [-0.3, -0.25) is 4.52 Å². The van der Waals surface area contributed by atoms with Crippen molar-refractivity contribution < 1.29 is 56.3 Å². The third kappa shape index (κ3) is 6.07. The lowest BCUT2D eigenvalue weighted by molar-refractivity contribution is -0.0793. The zero-order valence-corrected chi connectivity index (χ0v) is 18.5. The molecular formula is C11H18N5O13P3. The second-order valence-corrected chi connectivity index (χ2v) is 10.7. The van der Waals surface area contributed by atoms with Crippen LogP contribution in [0.1, 0.15) is 13.2 Å². The number of nitrogens with zero attached hydrogens (tertiary/aromatic N) is 3. The van der Waals surface area contributed by atoms with Crippen LogP contribution in [-0.4, -0.2) is 63.3 Å². The molecule has 32 heavy (non-hydrogen) atoms. The van der Waals surface area contributed by atoms with Gasteiger partial charge in [-0.1, -0.05) is 5.92 Å². The lowest BCUT2D eigenvalue weighted by Crippen LogP contribution is -2.55. The summed E-state index contributed by atoms with van der Waals surface area (Å²) in [7, 11) is -16.9. The fourth-order valence-electron chi connectivity index (χ4n) is 2.63. The highest BCUT2D eigenvalue weighted by Crippen LogP contribution is 2.66. The molecule has 0 spiro atoms. The smallest absolute Gasteiger partial charge is 0.387 e. The second-order valence-electron chi connectivity index (χ2n) is 6.29. The van der Waals surface area contributed by atoms with Crippen LogP contribution < -0.4 is 17.2 Å². The number of anilines is 1. The fourth-order valence-corrected chi connectivity index (χ4v) is 5.83. The van der Waals surface area contributed by atoms with E-state index in [1.165, 1.54) is 0 Å². The van der Waals surface area contributed by atoms with Crippen LogP contribution in [0.4, 0.5) is 5.82 Å². The number of nitrogens with two attached hydrogens (primary N) is 2. The first-order chi connectivity index (χ1) is 14.4. The number of aliphatic hydroxyl groups excluding tert-OH is 1. The molecule has 0 radical (unpaired) electrons. The molecule has 1 aromatic rings. The maximum Gasteiger partial charge on any atom is 0.490 e. The second kappa shape index (κ2) is 9.01. The van der Waals surface area contributed by atoms with Gasteiger partial charge in [-0.25, -0.2) is 18.5 Å². The number of phosphoric acid groups is 3. The average molecular weight is 521 g/mol. The Morgan fingerprint density at radius 1 is 1.28 bits per heavy atom. The van der Waals surface area contributed by atoms with Crippen LogP contribution in [-0.2, 0) is 31.6 Å². The topological polar surface area (TPSA) is 289 Å². The molecule has 2 rings (SSSR count). The van der Waals surface area contributed by atoms with Crippen molar-refractivity contribution in [2.24, 2.45) is 5.73 Å². The van der Waals surface area contributed by atoms with E-state index >= 15 is 0 Å². The standard InChI is InChI=1S/C11H18N5O13P3/c1-3-11(13)8(17)7(26-9(11)16-10(18)15-6(12)4-14-16)5(2)27-31(22,23)29-32(24,25)28-30(19,20)21/h1,4-5,7-9,17H,13H2,2H3,(H,22,23)(H,24,25)(H2,12,15,18)(H2,19,20,21)/t5-,7+,8-,9+,11?/m0/s1. The van der Waals surface area contributed by atoms with E-state index in [0.717, 1.165) is 13.1 Å². The first-order valence-corrected chi connectivity index (χ1v) is 12.6. The third-order valence-corrected chi connectivity index (χ3v) is 7.81. The van der Waals surface area contributed by atoms with Gasteiger partial charge in [-0.15, -0.1) is 6.42 Å². The molecule has 7 atom stereocenters. The van der Waals surface area contributed by atoms with Crippen LogP contribution in [0.5, 0.6) is 0 Å². The largest absolute Gasteiger partial charge is 0.490 e. The number of terminal acetylenes is 1. The normalized spacial score (nSPS) is 30.8. The van der Waals surface area contributed by atoms with E-state index in [1.807, 2.05) is 5.92 Å². The third-order valence-electron chi connectivity index (χ3n) is 3.88. The number of hydrogen-bond donors (Lipinski definition) is 7. The van der Waals surface area contributed by atoms with Crippen molar-refractivity contribution in [3.8, 4) is 12.3 Å². The van der Waals surface area contributed by atoms with Crippen molar-refractivity contribution in [2.45, 2.75) is 37.0 Å². The Morgan fingerprint density at radius 3 is 2.38 bits per heavy atom. The number of rotatable bonds is 8. The van der Waals surface area contributed by atoms with E-state index in [0.29, 0.717) is 4.68 Å². The Balaban J connectivity index is 2.27. The molecule has 1 aliphatic heterocycles. The Labute approximate surface area is 178 Å². The summed E-state index contributed by atoms with van der Waals surface area (Å²) in [6, 6.07) is 0. The van der Waals surface area contributed by atoms with E-state index in [1.54, 1.807) is 0 Å². The SMILES string of the molecule is C#CC1(N)[C@@H](O)[C@@H]([C@H](C)OP(=O)(O)OP(=O)(O)OP(=O)(O)O)O[C@H]1n1ncc(N)nc1=O. The van der Waals surface area contributed by atoms with E-state index < -0.39 is 59.2 Å². The van der Waals surface area contributed by atoms with Crippen molar-refractivity contribution in [2.75, 3.05) is 5.73 Å². The predicted octanol–water partition coefficient (Wildman–Crippen LogP) is -2.46. The van der Waals surface area contributed by atoms with Crippen LogP contribution >= 0.6 is 23.5 Å². The molecule has 1 aliphatic rings. The van der Waals surface area contributed by atoms with E-state index in [-0.39, 0.29) is 5.82 Å². The highest BCUT2D eigenvalue weighted by molar-refractivity contribution is 7.66. The number of hydrogen-bond acceptors (Lipinski definition) is 13. The lowest BCUT2D eigenvalue weighted by Gasteiger charge is -2.27. The summed E-state index contributed by atoms with van der Waals surface area (Å²) in [6.45, 7) is 1.02. The van der Waals surface area contributed by atoms with Gasteiger partial charge in [0.2, 0.25) is 0 Å². The van der Waals surface area contributed by atoms with Crippen molar-refractivity contribution in [3.05, 3.63) is 16.7 Å². The van der Waals surface area contributed by atoms with Crippen molar-refractivity contribution in [3.63, 3.8) is 0 Å². The van der Waals surface area contributed by atoms with Crippen LogP contribution in [0.3, 0.4) is 0 Å². The van der Waals surface area contributed by atoms with Gasteiger partial charge in [-0.2, -0.15) is 23.4 Å². The Morgan fingerprint density at radius 2 is 1.88 bits per heavy atom. The molecule has 1 fully saturated rings. The van der Waals surface area contributed by atoms with E-state index in [2.05, 4.69) is 23.2 Å². The van der Waals surface area contributed by atoms with E-state index in [4.69, 9.17) is 32.4 Å². The molecule has 18 nitrogen and oxygen atoms in total. The van der Waals surface area contributed by atoms with Gasteiger partial charge in [-0.05, 0) is 6.92 Å². The van der Waals surface area contributed by atoms with Crippen molar-refractivity contribution in [1.82, 2.24) is 14.8 Å². The summed E-state index contributed by atoms with van der Waals surface area (Å²) in [5.74, 6) is 1.78. The first-order valence-electron chi connectivity index (χ1n) is 8.04. The molecule has 21 heteroatoms. The Hall–Kier alpha value is -1.54. The highest BCUT2D eigenvalue weighted by atomic mass is 31.3. The van der Waals surface area contributed by atoms with Crippen LogP contribution in [0, 0.1) is 12.3 Å². The molecule has 1 saturated heterocycles. The summed E-state index contributed by atoms with van der Waals surface area (Å²) in [4.78, 5) is 51.4. The van der Waals surface area contributed by atoms with Gasteiger partial charge in [0.15, 0.2) is 11.8 Å². The van der Waals surface area contributed by atoms with Crippen LogP contribution in [0.25, 0.3) is 0 Å². The molecule has 0 aliphatic carbocycles. The average Bonchev–Trinajstić information content (AvgIpc) is 2.84. The van der Waals surface area contributed by atoms with Gasteiger partial charge < -0.3 is 40.9 Å². The molecular weight excluding hydrogens is 503 g/mol. The molecule has 3 unspecified atom stereocenters. The maximum atomic E-state index is 12.1. The van der Waals surface area contributed by atoms with Crippen molar-refractivity contribution in [1.29, 1.82) is 0 Å². The van der Waals surface area contributed by atoms with Crippen molar-refractivity contribution >= 4 is 29.3 Å². The zero-order chi connectivity index (χ0) is 24.7. The summed E-state index contributed by atoms with van der Waals surface area (Å²) < 4.78 is 51.8. The lowest BCUT2D eigenvalue weighted by atomic mass is 9.90. The van der Waals surface area contributed by atoms with Gasteiger partial charge in [0.05, 0.1) is 12.3 Å². The molecule has 0 aromatic carbocycles. The number of phosphoric ester groups is 1. The van der Waals surface area contributed by atoms with E-state index in [9.17, 15) is 33.4 Å². The van der Waals surface area contributed by atoms with Gasteiger partial charge in [0, 0.05) is 0 Å². The summed E-state index contributed by atoms with van der Waals surface area (Å²) in [6.07, 6.45) is -0.557. The summed E-state index contributed by atoms with van der Waals surface area (Å²) >= 11 is 0. The minimum atomic E-state index is -5.78. The van der Waals surface area contributed by atoms with Gasteiger partial charge in [0.25, 0.3) is 0 Å². The Kier molecular flexibility index (Phi) is 7.52. The number of aromatic nitrogens is 3. The zero-order valence-electron chi connectivity index (χ0n) is 15.8. The van der Waals surface area contributed by atoms with Crippen LogP contribution in [0.15, 0.2) is 11.0 Å².